The molecular weight excluding hydrogens is 248 g/mol. The Kier molecular flexibility index (Phi) is 2.87. The first-order chi connectivity index (χ1) is 9.71. The first-order valence-electron chi connectivity index (χ1n) is 6.57. The molecule has 3 rings (SSSR count). The number of hydrogen-bond donors (Lipinski definition) is 0. The first kappa shape index (κ1) is 12.5. The number of rotatable bonds is 3. The van der Waals surface area contributed by atoms with Gasteiger partial charge in [0.05, 0.1) is 0 Å². The molecule has 2 heteroatoms. The second-order valence-electron chi connectivity index (χ2n) is 4.97. The van der Waals surface area contributed by atoms with E-state index in [0.717, 1.165) is 5.56 Å². The van der Waals surface area contributed by atoms with Gasteiger partial charge < -0.3 is 0 Å². The van der Waals surface area contributed by atoms with Crippen LogP contribution in [0.15, 0.2) is 67.3 Å². The molecule has 2 aromatic carbocycles. The number of Topliss-reactive ketones (excluding diaryl/α,β-unsaturated/α-hetero) is 2. The normalized spacial score (nSPS) is 16.0. The topological polar surface area (TPSA) is 34.1 Å². The molecule has 0 spiro atoms. The standard InChI is InChI=1S/C18H14O2/c1-2-12-18(13-8-4-3-5-9-13)16(19)14-10-6-7-11-15(14)17(18)20/h2-11H,1,12H2. The maximum absolute atomic E-state index is 12.9. The lowest BCUT2D eigenvalue weighted by Gasteiger charge is -2.24. The van der Waals surface area contributed by atoms with E-state index in [0.29, 0.717) is 17.5 Å². The average molecular weight is 262 g/mol. The van der Waals surface area contributed by atoms with E-state index in [1.807, 2.05) is 30.3 Å². The smallest absolute Gasteiger partial charge is 0.182 e. The van der Waals surface area contributed by atoms with E-state index in [1.54, 1.807) is 30.3 Å². The van der Waals surface area contributed by atoms with Crippen molar-refractivity contribution in [2.75, 3.05) is 0 Å². The summed E-state index contributed by atoms with van der Waals surface area (Å²) in [7, 11) is 0. The molecule has 0 fully saturated rings. The highest BCUT2D eigenvalue weighted by Crippen LogP contribution is 2.42. The Hall–Kier alpha value is -2.48. The molecule has 0 atom stereocenters. The highest BCUT2D eigenvalue weighted by molar-refractivity contribution is 6.33. The minimum absolute atomic E-state index is 0.121. The summed E-state index contributed by atoms with van der Waals surface area (Å²) in [5.41, 5.74) is 0.643. The molecule has 0 aliphatic heterocycles. The van der Waals surface area contributed by atoms with Crippen LogP contribution in [0.1, 0.15) is 32.7 Å². The van der Waals surface area contributed by atoms with Gasteiger partial charge in [-0.05, 0) is 12.0 Å². The SMILES string of the molecule is C=CCC1(c2ccccc2)C(=O)c2ccccc2C1=O. The summed E-state index contributed by atoms with van der Waals surface area (Å²) in [6, 6.07) is 16.3. The lowest BCUT2D eigenvalue weighted by molar-refractivity contribution is 0.0796. The van der Waals surface area contributed by atoms with Gasteiger partial charge in [0.15, 0.2) is 11.6 Å². The van der Waals surface area contributed by atoms with Crippen LogP contribution < -0.4 is 0 Å². The van der Waals surface area contributed by atoms with E-state index in [1.165, 1.54) is 0 Å². The van der Waals surface area contributed by atoms with Gasteiger partial charge >= 0.3 is 0 Å². The van der Waals surface area contributed by atoms with Gasteiger partial charge in [0.1, 0.15) is 5.41 Å². The average Bonchev–Trinajstić information content (AvgIpc) is 2.72. The van der Waals surface area contributed by atoms with Crippen LogP contribution in [-0.2, 0) is 5.41 Å². The molecule has 0 heterocycles. The van der Waals surface area contributed by atoms with E-state index in [9.17, 15) is 9.59 Å². The Morgan fingerprint density at radius 2 is 1.35 bits per heavy atom. The minimum atomic E-state index is -1.13. The number of carbonyl (C=O) groups is 2. The van der Waals surface area contributed by atoms with Gasteiger partial charge in [-0.2, -0.15) is 0 Å². The van der Waals surface area contributed by atoms with Gasteiger partial charge in [-0.15, -0.1) is 6.58 Å². The molecule has 0 saturated heterocycles. The molecule has 0 amide bonds. The lowest BCUT2D eigenvalue weighted by atomic mass is 9.73. The fourth-order valence-electron chi connectivity index (χ4n) is 2.95. The molecule has 0 radical (unpaired) electrons. The molecule has 2 aromatic rings. The van der Waals surface area contributed by atoms with Crippen molar-refractivity contribution in [2.45, 2.75) is 11.8 Å². The number of ketones is 2. The number of benzene rings is 2. The Labute approximate surface area is 117 Å². The fourth-order valence-corrected chi connectivity index (χ4v) is 2.95. The van der Waals surface area contributed by atoms with Crippen molar-refractivity contribution in [3.8, 4) is 0 Å². The predicted molar refractivity (Wildman–Crippen MR) is 78.0 cm³/mol. The molecule has 0 saturated carbocycles. The third kappa shape index (κ3) is 1.51. The van der Waals surface area contributed by atoms with Crippen LogP contribution in [0.3, 0.4) is 0 Å². The molecular formula is C18H14O2. The van der Waals surface area contributed by atoms with Crippen molar-refractivity contribution < 1.29 is 9.59 Å². The third-order valence-corrected chi connectivity index (χ3v) is 3.91. The van der Waals surface area contributed by atoms with Gasteiger partial charge in [-0.1, -0.05) is 60.7 Å². The Morgan fingerprint density at radius 1 is 0.850 bits per heavy atom. The summed E-state index contributed by atoms with van der Waals surface area (Å²) < 4.78 is 0. The number of allylic oxidation sites excluding steroid dienone is 1. The molecule has 0 N–H and O–H groups in total. The second-order valence-corrected chi connectivity index (χ2v) is 4.97. The second kappa shape index (κ2) is 4.57. The van der Waals surface area contributed by atoms with E-state index in [-0.39, 0.29) is 11.6 Å². The van der Waals surface area contributed by atoms with Gasteiger partial charge in [0, 0.05) is 11.1 Å². The quantitative estimate of drug-likeness (QED) is 0.626. The number of fused-ring (bicyclic) bond motifs is 1. The van der Waals surface area contributed by atoms with E-state index in [2.05, 4.69) is 6.58 Å². The van der Waals surface area contributed by atoms with Gasteiger partial charge in [0.2, 0.25) is 0 Å². The Bertz CT molecular complexity index is 663. The van der Waals surface area contributed by atoms with E-state index < -0.39 is 5.41 Å². The van der Waals surface area contributed by atoms with E-state index in [4.69, 9.17) is 0 Å². The van der Waals surface area contributed by atoms with Crippen LogP contribution in [0, 0.1) is 0 Å². The van der Waals surface area contributed by atoms with Crippen LogP contribution >= 0.6 is 0 Å². The zero-order valence-electron chi connectivity index (χ0n) is 11.0. The number of hydrogen-bond acceptors (Lipinski definition) is 2. The van der Waals surface area contributed by atoms with Crippen LogP contribution in [0.4, 0.5) is 0 Å². The molecule has 20 heavy (non-hydrogen) atoms. The molecule has 1 aliphatic carbocycles. The van der Waals surface area contributed by atoms with E-state index >= 15 is 0 Å². The monoisotopic (exact) mass is 262 g/mol. The van der Waals surface area contributed by atoms with Crippen molar-refractivity contribution in [1.29, 1.82) is 0 Å². The molecule has 2 nitrogen and oxygen atoms in total. The van der Waals surface area contributed by atoms with Crippen LogP contribution in [0.5, 0.6) is 0 Å². The van der Waals surface area contributed by atoms with Crippen LogP contribution in [0.2, 0.25) is 0 Å². The maximum atomic E-state index is 12.9. The molecule has 1 aliphatic rings. The Morgan fingerprint density at radius 3 is 1.85 bits per heavy atom. The Balaban J connectivity index is 2.27. The molecule has 0 unspecified atom stereocenters. The summed E-state index contributed by atoms with van der Waals surface area (Å²) in [6.45, 7) is 3.72. The van der Waals surface area contributed by atoms with Crippen molar-refractivity contribution in [3.05, 3.63) is 83.9 Å². The zero-order chi connectivity index (χ0) is 14.2. The summed E-state index contributed by atoms with van der Waals surface area (Å²) in [5.74, 6) is -0.242. The maximum Gasteiger partial charge on any atom is 0.182 e. The molecule has 0 bridgehead atoms. The summed E-state index contributed by atoms with van der Waals surface area (Å²) in [5, 5.41) is 0. The van der Waals surface area contributed by atoms with Crippen molar-refractivity contribution >= 4 is 11.6 Å². The van der Waals surface area contributed by atoms with Crippen LogP contribution in [0.25, 0.3) is 0 Å². The van der Waals surface area contributed by atoms with Crippen molar-refractivity contribution in [1.82, 2.24) is 0 Å². The highest BCUT2D eigenvalue weighted by atomic mass is 16.2. The minimum Gasteiger partial charge on any atom is -0.293 e. The van der Waals surface area contributed by atoms with Gasteiger partial charge in [0.25, 0.3) is 0 Å². The zero-order valence-corrected chi connectivity index (χ0v) is 11.0. The first-order valence-corrected chi connectivity index (χ1v) is 6.57. The predicted octanol–water partition coefficient (Wildman–Crippen LogP) is 3.58. The largest absolute Gasteiger partial charge is 0.293 e. The van der Waals surface area contributed by atoms with Gasteiger partial charge in [-0.3, -0.25) is 9.59 Å². The van der Waals surface area contributed by atoms with Gasteiger partial charge in [-0.25, -0.2) is 0 Å². The van der Waals surface area contributed by atoms with Crippen LogP contribution in [-0.4, -0.2) is 11.6 Å². The molecule has 98 valence electrons. The van der Waals surface area contributed by atoms with Crippen molar-refractivity contribution in [2.24, 2.45) is 0 Å². The third-order valence-electron chi connectivity index (χ3n) is 3.91. The summed E-state index contributed by atoms with van der Waals surface area (Å²) >= 11 is 0. The summed E-state index contributed by atoms with van der Waals surface area (Å²) in [6.07, 6.45) is 1.97. The summed E-state index contributed by atoms with van der Waals surface area (Å²) in [4.78, 5) is 25.7. The fraction of sp³-hybridized carbons (Fsp3) is 0.111. The lowest BCUT2D eigenvalue weighted by Crippen LogP contribution is -2.37. The highest BCUT2D eigenvalue weighted by Gasteiger charge is 2.52. The van der Waals surface area contributed by atoms with Crippen molar-refractivity contribution in [3.63, 3.8) is 0 Å². The molecule has 0 aromatic heterocycles. The number of carbonyl (C=O) groups excluding carboxylic acids is 2.